The summed E-state index contributed by atoms with van der Waals surface area (Å²) in [6, 6.07) is 4.60. The minimum atomic E-state index is -1.60. The Morgan fingerprint density at radius 1 is 1.03 bits per heavy atom. The molecular weight excluding hydrogens is 572 g/mol. The molecule has 1 aromatic heterocycles. The number of halogens is 2. The Labute approximate surface area is 225 Å². The number of piperidine rings is 1. The number of aromatic nitrogens is 2. The lowest BCUT2D eigenvalue weighted by Gasteiger charge is -2.41. The molecule has 2 aliphatic heterocycles. The Morgan fingerprint density at radius 3 is 2.19 bits per heavy atom. The second-order valence-electron chi connectivity index (χ2n) is 9.00. The van der Waals surface area contributed by atoms with Crippen molar-refractivity contribution < 1.29 is 29.4 Å². The van der Waals surface area contributed by atoms with Crippen molar-refractivity contribution in [2.45, 2.75) is 18.4 Å². The molecule has 4 amide bonds. The highest BCUT2D eigenvalue weighted by Gasteiger charge is 2.43. The SMILES string of the molecule is Cn1c(Br)cnc1C(=O)Nc1ccc(C(=O)N2CCN(C(=O)C3(O)CCN(C(=O)O)CC3)CC2)c(Cl)c1. The van der Waals surface area contributed by atoms with Gasteiger partial charge in [0.25, 0.3) is 17.7 Å². The Bertz CT molecular complexity index is 1240. The molecule has 12 nitrogen and oxygen atoms in total. The van der Waals surface area contributed by atoms with Crippen LogP contribution in [0.25, 0.3) is 0 Å². The second-order valence-corrected chi connectivity index (χ2v) is 10.2. The average molecular weight is 598 g/mol. The number of benzene rings is 1. The van der Waals surface area contributed by atoms with Gasteiger partial charge in [-0.3, -0.25) is 14.4 Å². The average Bonchev–Trinajstić information content (AvgIpc) is 3.21. The maximum absolute atomic E-state index is 13.1. The van der Waals surface area contributed by atoms with Crippen LogP contribution in [-0.2, 0) is 11.8 Å². The van der Waals surface area contributed by atoms with Gasteiger partial charge in [-0.25, -0.2) is 9.78 Å². The molecule has 1 aromatic carbocycles. The van der Waals surface area contributed by atoms with Gasteiger partial charge in [-0.1, -0.05) is 11.6 Å². The molecule has 2 fully saturated rings. The molecule has 2 aromatic rings. The van der Waals surface area contributed by atoms with Crippen molar-refractivity contribution in [1.29, 1.82) is 0 Å². The van der Waals surface area contributed by atoms with Crippen molar-refractivity contribution in [3.8, 4) is 0 Å². The summed E-state index contributed by atoms with van der Waals surface area (Å²) in [5, 5.41) is 22.8. The number of carbonyl (C=O) groups is 4. The fraction of sp³-hybridized carbons (Fsp3) is 0.435. The first-order valence-corrected chi connectivity index (χ1v) is 12.7. The molecular formula is C23H26BrClN6O6. The summed E-state index contributed by atoms with van der Waals surface area (Å²) in [6.07, 6.45) is 0.511. The molecule has 0 spiro atoms. The summed E-state index contributed by atoms with van der Waals surface area (Å²) in [4.78, 5) is 57.9. The monoisotopic (exact) mass is 596 g/mol. The number of amides is 4. The van der Waals surface area contributed by atoms with E-state index in [-0.39, 0.29) is 74.4 Å². The van der Waals surface area contributed by atoms with E-state index >= 15 is 0 Å². The number of hydrogen-bond donors (Lipinski definition) is 3. The standard InChI is InChI=1S/C23H26BrClN6O6/c1-28-17(24)13-26-18(28)19(32)27-14-2-3-15(16(25)12-14)20(33)29-8-10-30(11-9-29)21(34)23(37)4-6-31(7-5-23)22(35)36/h2-3,12-13,37H,4-11H2,1H3,(H,27,32)(H,35,36). The van der Waals surface area contributed by atoms with Gasteiger partial charge in [0.1, 0.15) is 10.2 Å². The van der Waals surface area contributed by atoms with Crippen LogP contribution in [0.1, 0.15) is 33.8 Å². The summed E-state index contributed by atoms with van der Waals surface area (Å²) in [6.45, 7) is 1.16. The van der Waals surface area contributed by atoms with Crippen molar-refractivity contribution in [2.75, 3.05) is 44.6 Å². The van der Waals surface area contributed by atoms with Gasteiger partial charge < -0.3 is 34.8 Å². The van der Waals surface area contributed by atoms with Crippen molar-refractivity contribution in [1.82, 2.24) is 24.3 Å². The number of carbonyl (C=O) groups excluding carboxylic acids is 3. The molecule has 2 saturated heterocycles. The molecule has 14 heteroatoms. The lowest BCUT2D eigenvalue weighted by atomic mass is 9.89. The number of aliphatic hydroxyl groups is 1. The van der Waals surface area contributed by atoms with Crippen LogP contribution in [0.2, 0.25) is 5.02 Å². The largest absolute Gasteiger partial charge is 0.465 e. The first kappa shape index (κ1) is 26.9. The van der Waals surface area contributed by atoms with Crippen LogP contribution in [0.3, 0.4) is 0 Å². The lowest BCUT2D eigenvalue weighted by molar-refractivity contribution is -0.157. The molecule has 0 unspecified atom stereocenters. The van der Waals surface area contributed by atoms with Crippen LogP contribution >= 0.6 is 27.5 Å². The van der Waals surface area contributed by atoms with Crippen LogP contribution in [0, 0.1) is 0 Å². The third kappa shape index (κ3) is 5.58. The second kappa shape index (κ2) is 10.7. The highest BCUT2D eigenvalue weighted by molar-refractivity contribution is 9.10. The van der Waals surface area contributed by atoms with Crippen molar-refractivity contribution in [3.63, 3.8) is 0 Å². The molecule has 2 aliphatic rings. The predicted molar refractivity (Wildman–Crippen MR) is 137 cm³/mol. The highest BCUT2D eigenvalue weighted by Crippen LogP contribution is 2.27. The quantitative estimate of drug-likeness (QED) is 0.487. The van der Waals surface area contributed by atoms with Gasteiger partial charge in [0.15, 0.2) is 5.82 Å². The number of hydrogen-bond acceptors (Lipinski definition) is 6. The molecule has 198 valence electrons. The van der Waals surface area contributed by atoms with E-state index in [9.17, 15) is 24.3 Å². The predicted octanol–water partition coefficient (Wildman–Crippen LogP) is 1.88. The molecule has 0 aliphatic carbocycles. The molecule has 3 heterocycles. The van der Waals surface area contributed by atoms with Gasteiger partial charge in [0.2, 0.25) is 0 Å². The Kier molecular flexibility index (Phi) is 7.76. The van der Waals surface area contributed by atoms with E-state index < -0.39 is 23.5 Å². The lowest BCUT2D eigenvalue weighted by Crippen LogP contribution is -2.59. The van der Waals surface area contributed by atoms with Gasteiger partial charge in [0, 0.05) is 64.8 Å². The molecule has 3 N–H and O–H groups in total. The fourth-order valence-electron chi connectivity index (χ4n) is 4.41. The smallest absolute Gasteiger partial charge is 0.407 e. The van der Waals surface area contributed by atoms with Crippen molar-refractivity contribution >= 4 is 57.0 Å². The normalized spacial score (nSPS) is 17.5. The van der Waals surface area contributed by atoms with E-state index in [0.29, 0.717) is 10.3 Å². The molecule has 0 bridgehead atoms. The number of imidazole rings is 1. The highest BCUT2D eigenvalue weighted by atomic mass is 79.9. The summed E-state index contributed by atoms with van der Waals surface area (Å²) >= 11 is 9.66. The summed E-state index contributed by atoms with van der Waals surface area (Å²) in [5.41, 5.74) is -0.936. The first-order valence-electron chi connectivity index (χ1n) is 11.6. The number of carboxylic acid groups (broad SMARTS) is 1. The minimum Gasteiger partial charge on any atom is -0.465 e. The molecule has 0 atom stereocenters. The Morgan fingerprint density at radius 2 is 1.65 bits per heavy atom. The van der Waals surface area contributed by atoms with E-state index in [1.54, 1.807) is 22.6 Å². The Hall–Kier alpha value is -3.16. The van der Waals surface area contributed by atoms with Crippen LogP contribution in [-0.4, -0.2) is 103 Å². The van der Waals surface area contributed by atoms with Gasteiger partial charge in [0.05, 0.1) is 16.8 Å². The first-order chi connectivity index (χ1) is 17.5. The fourth-order valence-corrected chi connectivity index (χ4v) is 4.94. The van der Waals surface area contributed by atoms with Gasteiger partial charge in [-0.15, -0.1) is 0 Å². The molecule has 4 rings (SSSR count). The zero-order valence-electron chi connectivity index (χ0n) is 20.0. The maximum atomic E-state index is 13.1. The molecule has 37 heavy (non-hydrogen) atoms. The summed E-state index contributed by atoms with van der Waals surface area (Å²) in [5.74, 6) is -0.980. The zero-order valence-corrected chi connectivity index (χ0v) is 22.3. The van der Waals surface area contributed by atoms with E-state index in [1.165, 1.54) is 28.1 Å². The zero-order chi connectivity index (χ0) is 26.9. The summed E-state index contributed by atoms with van der Waals surface area (Å²) in [7, 11) is 1.69. The van der Waals surface area contributed by atoms with Crippen molar-refractivity contribution in [3.05, 3.63) is 45.4 Å². The van der Waals surface area contributed by atoms with E-state index in [2.05, 4.69) is 26.2 Å². The number of nitrogens with one attached hydrogen (secondary N) is 1. The number of piperazine rings is 1. The number of likely N-dealkylation sites (tertiary alicyclic amines) is 1. The van der Waals surface area contributed by atoms with Crippen molar-refractivity contribution in [2.24, 2.45) is 7.05 Å². The minimum absolute atomic E-state index is 0.0349. The van der Waals surface area contributed by atoms with E-state index in [0.717, 1.165) is 0 Å². The number of rotatable bonds is 4. The third-order valence-corrected chi connectivity index (χ3v) is 7.75. The van der Waals surface area contributed by atoms with Crippen LogP contribution in [0.4, 0.5) is 10.5 Å². The maximum Gasteiger partial charge on any atom is 0.407 e. The van der Waals surface area contributed by atoms with Gasteiger partial charge in [-0.05, 0) is 34.1 Å². The number of anilines is 1. The van der Waals surface area contributed by atoms with Gasteiger partial charge in [-0.2, -0.15) is 0 Å². The van der Waals surface area contributed by atoms with Gasteiger partial charge >= 0.3 is 6.09 Å². The van der Waals surface area contributed by atoms with Crippen LogP contribution in [0.15, 0.2) is 29.0 Å². The van der Waals surface area contributed by atoms with Crippen LogP contribution < -0.4 is 5.32 Å². The van der Waals surface area contributed by atoms with E-state index in [1.807, 2.05) is 0 Å². The Balaban J connectivity index is 1.34. The number of nitrogens with zero attached hydrogens (tertiary/aromatic N) is 5. The molecule has 0 saturated carbocycles. The van der Waals surface area contributed by atoms with Crippen LogP contribution in [0.5, 0.6) is 0 Å². The third-order valence-electron chi connectivity index (χ3n) is 6.71. The molecule has 0 radical (unpaired) electrons. The topological polar surface area (TPSA) is 148 Å². The summed E-state index contributed by atoms with van der Waals surface area (Å²) < 4.78 is 2.23. The van der Waals surface area contributed by atoms with E-state index in [4.69, 9.17) is 16.7 Å².